The molecule has 5 rings (SSSR count). The quantitative estimate of drug-likeness (QED) is 0.708. The molecule has 0 unspecified atom stereocenters. The minimum absolute atomic E-state index is 0.231. The Labute approximate surface area is 157 Å². The lowest BCUT2D eigenvalue weighted by Crippen LogP contribution is -2.59. The van der Waals surface area contributed by atoms with Crippen molar-refractivity contribution in [3.63, 3.8) is 0 Å². The molecule has 2 bridgehead atoms. The molecule has 0 aliphatic carbocycles. The van der Waals surface area contributed by atoms with Gasteiger partial charge in [0.1, 0.15) is 17.4 Å². The van der Waals surface area contributed by atoms with E-state index in [1.165, 1.54) is 11.3 Å². The Balaban J connectivity index is 1.85. The van der Waals surface area contributed by atoms with Gasteiger partial charge >= 0.3 is 0 Å². The van der Waals surface area contributed by atoms with E-state index < -0.39 is 23.6 Å². The van der Waals surface area contributed by atoms with Crippen molar-refractivity contribution in [1.29, 1.82) is 0 Å². The van der Waals surface area contributed by atoms with E-state index >= 15 is 0 Å². The molecule has 27 heavy (non-hydrogen) atoms. The van der Waals surface area contributed by atoms with E-state index in [1.807, 2.05) is 24.3 Å². The van der Waals surface area contributed by atoms with E-state index in [2.05, 4.69) is 4.99 Å². The molecule has 2 aromatic heterocycles. The fourth-order valence-corrected chi connectivity index (χ4v) is 4.96. The molecule has 0 saturated heterocycles. The lowest BCUT2D eigenvalue weighted by atomic mass is 9.81. The Morgan fingerprint density at radius 1 is 1.33 bits per heavy atom. The average Bonchev–Trinajstić information content (AvgIpc) is 3.22. The van der Waals surface area contributed by atoms with Gasteiger partial charge in [0.15, 0.2) is 4.80 Å². The number of primary amides is 1. The zero-order valence-corrected chi connectivity index (χ0v) is 15.1. The highest BCUT2D eigenvalue weighted by molar-refractivity contribution is 7.07. The summed E-state index contributed by atoms with van der Waals surface area (Å²) in [5, 5.41) is 0. The number of nitrogens with zero attached hydrogens (tertiary/aromatic N) is 2. The molecular formula is C19H15N3O4S. The molecule has 2 aliphatic rings. The first-order valence-electron chi connectivity index (χ1n) is 8.42. The Morgan fingerprint density at radius 3 is 2.89 bits per heavy atom. The van der Waals surface area contributed by atoms with Gasteiger partial charge in [-0.05, 0) is 25.1 Å². The van der Waals surface area contributed by atoms with Crippen LogP contribution in [0.3, 0.4) is 0 Å². The van der Waals surface area contributed by atoms with Crippen molar-refractivity contribution in [3.05, 3.63) is 73.7 Å². The Kier molecular flexibility index (Phi) is 3.23. The van der Waals surface area contributed by atoms with Crippen LogP contribution in [0.5, 0.6) is 5.75 Å². The maximum atomic E-state index is 13.2. The van der Waals surface area contributed by atoms with Crippen LogP contribution >= 0.6 is 11.3 Å². The third kappa shape index (κ3) is 2.23. The van der Waals surface area contributed by atoms with E-state index in [0.717, 1.165) is 5.56 Å². The number of ether oxygens (including phenoxy) is 1. The van der Waals surface area contributed by atoms with Gasteiger partial charge in [-0.15, -0.1) is 0 Å². The highest BCUT2D eigenvalue weighted by atomic mass is 32.1. The summed E-state index contributed by atoms with van der Waals surface area (Å²) in [6.45, 7) is 1.73. The third-order valence-electron chi connectivity index (χ3n) is 5.00. The standard InChI is InChI=1S/C19H15N3O4S/c1-19-14(16(20)23)15(11-6-2-3-7-12(11)26-19)22-17(24)13(27-18(22)21-19)9-10-5-4-8-25-10/h2-9,14-15H,1H3,(H2,20,23)/b13-9-/t14-,15+,19-/m0/s1. The van der Waals surface area contributed by atoms with E-state index in [1.54, 1.807) is 36.0 Å². The summed E-state index contributed by atoms with van der Waals surface area (Å²) in [4.78, 5) is 30.6. The molecule has 2 aliphatic heterocycles. The number of rotatable bonds is 2. The summed E-state index contributed by atoms with van der Waals surface area (Å²) in [5.74, 6) is -0.167. The molecule has 0 saturated carbocycles. The molecule has 8 heteroatoms. The number of fused-ring (bicyclic) bond motifs is 6. The van der Waals surface area contributed by atoms with Crippen molar-refractivity contribution < 1.29 is 13.9 Å². The highest BCUT2D eigenvalue weighted by Gasteiger charge is 2.54. The summed E-state index contributed by atoms with van der Waals surface area (Å²) in [6.07, 6.45) is 3.22. The SMILES string of the molecule is C[C@]12N=c3s/c(=C\c4ccco4)c(=O)n3[C@H](c3ccccc3O1)[C@H]2C(N)=O. The summed E-state index contributed by atoms with van der Waals surface area (Å²) in [5.41, 5.74) is 5.07. The van der Waals surface area contributed by atoms with E-state index in [9.17, 15) is 9.59 Å². The van der Waals surface area contributed by atoms with Gasteiger partial charge in [0.05, 0.1) is 16.8 Å². The monoisotopic (exact) mass is 381 g/mol. The van der Waals surface area contributed by atoms with Crippen molar-refractivity contribution in [2.24, 2.45) is 16.6 Å². The lowest BCUT2D eigenvalue weighted by Gasteiger charge is -2.44. The molecule has 1 amide bonds. The number of furan rings is 1. The number of amides is 1. The number of nitrogens with two attached hydrogens (primary N) is 1. The van der Waals surface area contributed by atoms with E-state index in [4.69, 9.17) is 14.9 Å². The fourth-order valence-electron chi connectivity index (χ4n) is 3.88. The van der Waals surface area contributed by atoms with Crippen LogP contribution in [0, 0.1) is 5.92 Å². The van der Waals surface area contributed by atoms with Gasteiger partial charge in [-0.1, -0.05) is 29.5 Å². The number of carbonyl (C=O) groups excluding carboxylic acids is 1. The van der Waals surface area contributed by atoms with Gasteiger partial charge in [-0.3, -0.25) is 14.2 Å². The number of hydrogen-bond acceptors (Lipinski definition) is 6. The first kappa shape index (κ1) is 16.1. The molecule has 7 nitrogen and oxygen atoms in total. The van der Waals surface area contributed by atoms with Gasteiger partial charge < -0.3 is 14.9 Å². The Morgan fingerprint density at radius 2 is 2.15 bits per heavy atom. The fraction of sp³-hybridized carbons (Fsp3) is 0.211. The molecule has 1 aromatic carbocycles. The largest absolute Gasteiger partial charge is 0.465 e. The molecular weight excluding hydrogens is 366 g/mol. The number of aromatic nitrogens is 1. The number of hydrogen-bond donors (Lipinski definition) is 1. The van der Waals surface area contributed by atoms with E-state index in [0.29, 0.717) is 20.8 Å². The van der Waals surface area contributed by atoms with E-state index in [-0.39, 0.29) is 5.56 Å². The number of para-hydroxylation sites is 1. The minimum Gasteiger partial charge on any atom is -0.465 e. The van der Waals surface area contributed by atoms with Gasteiger partial charge in [0, 0.05) is 11.6 Å². The molecule has 136 valence electrons. The van der Waals surface area contributed by atoms with Gasteiger partial charge in [-0.25, -0.2) is 4.99 Å². The molecule has 3 aromatic rings. The normalized spacial score (nSPS) is 25.9. The maximum absolute atomic E-state index is 13.2. The van der Waals surface area contributed by atoms with Crippen molar-refractivity contribution in [2.45, 2.75) is 18.7 Å². The first-order chi connectivity index (χ1) is 13.0. The van der Waals surface area contributed by atoms with Crippen molar-refractivity contribution in [3.8, 4) is 5.75 Å². The summed E-state index contributed by atoms with van der Waals surface area (Å²) >= 11 is 1.24. The topological polar surface area (TPSA) is 99.8 Å². The second-order valence-corrected chi connectivity index (χ2v) is 7.72. The van der Waals surface area contributed by atoms with Crippen LogP contribution in [-0.4, -0.2) is 16.2 Å². The zero-order chi connectivity index (χ0) is 18.8. The zero-order valence-electron chi connectivity index (χ0n) is 14.3. The Hall–Kier alpha value is -3.13. The van der Waals surface area contributed by atoms with Crippen molar-refractivity contribution in [2.75, 3.05) is 0 Å². The third-order valence-corrected chi connectivity index (χ3v) is 5.99. The minimum atomic E-state index is -1.16. The van der Waals surface area contributed by atoms with Crippen molar-refractivity contribution >= 4 is 23.3 Å². The van der Waals surface area contributed by atoms with Gasteiger partial charge in [0.25, 0.3) is 5.56 Å². The predicted octanol–water partition coefficient (Wildman–Crippen LogP) is 0.764. The van der Waals surface area contributed by atoms with Crippen LogP contribution in [0.2, 0.25) is 0 Å². The Bertz CT molecular complexity index is 1240. The van der Waals surface area contributed by atoms with Gasteiger partial charge in [0.2, 0.25) is 11.6 Å². The number of thiazole rings is 1. The lowest BCUT2D eigenvalue weighted by molar-refractivity contribution is -0.133. The maximum Gasteiger partial charge on any atom is 0.271 e. The second-order valence-electron chi connectivity index (χ2n) is 6.72. The van der Waals surface area contributed by atoms with Gasteiger partial charge in [-0.2, -0.15) is 0 Å². The first-order valence-corrected chi connectivity index (χ1v) is 9.23. The van der Waals surface area contributed by atoms with Crippen LogP contribution in [-0.2, 0) is 4.79 Å². The molecule has 0 radical (unpaired) electrons. The van der Waals surface area contributed by atoms with Crippen LogP contribution in [0.1, 0.15) is 24.3 Å². The smallest absolute Gasteiger partial charge is 0.271 e. The van der Waals surface area contributed by atoms with Crippen LogP contribution < -0.4 is 25.4 Å². The second kappa shape index (κ2) is 5.43. The average molecular weight is 381 g/mol. The molecule has 4 heterocycles. The molecule has 0 spiro atoms. The number of carbonyl (C=O) groups is 1. The van der Waals surface area contributed by atoms with Crippen LogP contribution in [0.15, 0.2) is 56.9 Å². The summed E-state index contributed by atoms with van der Waals surface area (Å²) in [6, 6.07) is 10.3. The molecule has 3 atom stereocenters. The number of benzene rings is 1. The molecule has 0 fully saturated rings. The summed E-state index contributed by atoms with van der Waals surface area (Å²) < 4.78 is 13.4. The summed E-state index contributed by atoms with van der Waals surface area (Å²) in [7, 11) is 0. The molecule has 2 N–H and O–H groups in total. The van der Waals surface area contributed by atoms with Crippen molar-refractivity contribution in [1.82, 2.24) is 4.57 Å². The predicted molar refractivity (Wildman–Crippen MR) is 97.9 cm³/mol. The van der Waals surface area contributed by atoms with Crippen LogP contribution in [0.4, 0.5) is 0 Å². The van der Waals surface area contributed by atoms with Crippen LogP contribution in [0.25, 0.3) is 6.08 Å². The highest BCUT2D eigenvalue weighted by Crippen LogP contribution is 2.46.